The first-order valence-electron chi connectivity index (χ1n) is 5.18. The van der Waals surface area contributed by atoms with E-state index in [1.165, 1.54) is 12.8 Å². The lowest BCUT2D eigenvalue weighted by atomic mass is 9.92. The number of hydrogen-bond donors (Lipinski definition) is 1. The van der Waals surface area contributed by atoms with Gasteiger partial charge in [-0.3, -0.25) is 0 Å². The van der Waals surface area contributed by atoms with Crippen LogP contribution in [0.25, 0.3) is 0 Å². The van der Waals surface area contributed by atoms with Gasteiger partial charge in [0.05, 0.1) is 6.10 Å². The Hall–Kier alpha value is -1.08. The summed E-state index contributed by atoms with van der Waals surface area (Å²) in [5.41, 5.74) is 1.00. The molecule has 2 rings (SSSR count). The van der Waals surface area contributed by atoms with Crippen molar-refractivity contribution in [3.05, 3.63) is 48.6 Å². The van der Waals surface area contributed by atoms with Crippen molar-refractivity contribution < 1.29 is 5.11 Å². The van der Waals surface area contributed by atoms with Crippen LogP contribution in [-0.4, -0.2) is 5.11 Å². The maximum atomic E-state index is 10.1. The smallest absolute Gasteiger partial charge is 0.0855 e. The van der Waals surface area contributed by atoms with Gasteiger partial charge in [0.25, 0.3) is 0 Å². The van der Waals surface area contributed by atoms with Crippen molar-refractivity contribution in [2.75, 3.05) is 0 Å². The Morgan fingerprint density at radius 1 is 1.29 bits per heavy atom. The Morgan fingerprint density at radius 2 is 1.93 bits per heavy atom. The number of aliphatic hydroxyl groups is 1. The third-order valence-electron chi connectivity index (χ3n) is 2.94. The van der Waals surface area contributed by atoms with E-state index in [0.717, 1.165) is 5.56 Å². The number of hydrogen-bond acceptors (Lipinski definition) is 1. The van der Waals surface area contributed by atoms with E-state index in [4.69, 9.17) is 0 Å². The minimum absolute atomic E-state index is 0.234. The lowest BCUT2D eigenvalue weighted by Gasteiger charge is -2.19. The highest BCUT2D eigenvalue weighted by atomic mass is 16.3. The predicted octanol–water partition coefficient (Wildman–Crippen LogP) is 2.93. The molecule has 0 heterocycles. The maximum absolute atomic E-state index is 10.1. The lowest BCUT2D eigenvalue weighted by molar-refractivity contribution is 0.121. The van der Waals surface area contributed by atoms with E-state index in [2.05, 4.69) is 6.58 Å². The molecule has 0 saturated heterocycles. The molecule has 1 nitrogen and oxygen atoms in total. The monoisotopic (exact) mass is 188 g/mol. The van der Waals surface area contributed by atoms with Gasteiger partial charge >= 0.3 is 0 Å². The highest BCUT2D eigenvalue weighted by Crippen LogP contribution is 2.43. The average Bonchev–Trinajstić information content (AvgIpc) is 3.04. The maximum Gasteiger partial charge on any atom is 0.0855 e. The Bertz CT molecular complexity index is 300. The summed E-state index contributed by atoms with van der Waals surface area (Å²) in [5, 5.41) is 10.1. The second kappa shape index (κ2) is 3.97. The van der Waals surface area contributed by atoms with E-state index >= 15 is 0 Å². The van der Waals surface area contributed by atoms with Gasteiger partial charge in [-0.25, -0.2) is 0 Å². The van der Waals surface area contributed by atoms with Gasteiger partial charge in [0, 0.05) is 5.92 Å². The first-order valence-corrected chi connectivity index (χ1v) is 5.18. The lowest BCUT2D eigenvalue weighted by Crippen LogP contribution is -2.11. The second-order valence-corrected chi connectivity index (χ2v) is 4.01. The van der Waals surface area contributed by atoms with Crippen LogP contribution in [0.2, 0.25) is 0 Å². The van der Waals surface area contributed by atoms with Gasteiger partial charge in [-0.05, 0) is 24.3 Å². The van der Waals surface area contributed by atoms with Crippen molar-refractivity contribution in [3.63, 3.8) is 0 Å². The number of aliphatic hydroxyl groups excluding tert-OH is 1. The van der Waals surface area contributed by atoms with Crippen molar-refractivity contribution in [1.82, 2.24) is 0 Å². The molecule has 0 aliphatic heterocycles. The summed E-state index contributed by atoms with van der Waals surface area (Å²) in [4.78, 5) is 0. The first-order chi connectivity index (χ1) is 6.83. The van der Waals surface area contributed by atoms with Crippen LogP contribution in [0.15, 0.2) is 43.0 Å². The predicted molar refractivity (Wildman–Crippen MR) is 57.8 cm³/mol. The standard InChI is InChI=1S/C13H16O/c1-2-12(10-8-9-10)13(14)11-6-4-3-5-7-11/h2-7,10,12-14H,1,8-9H2/t12-,13-/m0/s1. The van der Waals surface area contributed by atoms with Gasteiger partial charge < -0.3 is 5.11 Å². The van der Waals surface area contributed by atoms with Gasteiger partial charge in [0.1, 0.15) is 0 Å². The molecule has 0 bridgehead atoms. The molecular formula is C13H16O. The molecular weight excluding hydrogens is 172 g/mol. The number of benzene rings is 1. The van der Waals surface area contributed by atoms with Gasteiger partial charge in [-0.1, -0.05) is 36.4 Å². The minimum Gasteiger partial charge on any atom is -0.388 e. The van der Waals surface area contributed by atoms with Crippen LogP contribution in [0.3, 0.4) is 0 Å². The molecule has 1 aromatic rings. The van der Waals surface area contributed by atoms with Crippen molar-refractivity contribution in [3.8, 4) is 0 Å². The van der Waals surface area contributed by atoms with Crippen LogP contribution in [0.1, 0.15) is 24.5 Å². The fraction of sp³-hybridized carbons (Fsp3) is 0.385. The molecule has 1 N–H and O–H groups in total. The Morgan fingerprint density at radius 3 is 2.43 bits per heavy atom. The largest absolute Gasteiger partial charge is 0.388 e. The van der Waals surface area contributed by atoms with Crippen LogP contribution < -0.4 is 0 Å². The zero-order valence-electron chi connectivity index (χ0n) is 8.26. The van der Waals surface area contributed by atoms with Crippen LogP contribution in [0.4, 0.5) is 0 Å². The van der Waals surface area contributed by atoms with Gasteiger partial charge in [0.2, 0.25) is 0 Å². The van der Waals surface area contributed by atoms with Gasteiger partial charge in [-0.2, -0.15) is 0 Å². The van der Waals surface area contributed by atoms with Crippen molar-refractivity contribution in [2.24, 2.45) is 11.8 Å². The van der Waals surface area contributed by atoms with Crippen molar-refractivity contribution in [2.45, 2.75) is 18.9 Å². The van der Waals surface area contributed by atoms with E-state index in [9.17, 15) is 5.11 Å². The van der Waals surface area contributed by atoms with Gasteiger partial charge in [-0.15, -0.1) is 6.58 Å². The topological polar surface area (TPSA) is 20.2 Å². The molecule has 0 spiro atoms. The summed E-state index contributed by atoms with van der Waals surface area (Å²) in [6.07, 6.45) is 4.00. The van der Waals surface area contributed by atoms with Crippen LogP contribution in [-0.2, 0) is 0 Å². The quantitative estimate of drug-likeness (QED) is 0.720. The summed E-state index contributed by atoms with van der Waals surface area (Å²) in [5.74, 6) is 0.889. The Labute approximate surface area is 85.1 Å². The average molecular weight is 188 g/mol. The molecule has 0 radical (unpaired) electrons. The fourth-order valence-electron chi connectivity index (χ4n) is 1.93. The summed E-state index contributed by atoms with van der Waals surface area (Å²) in [6, 6.07) is 9.85. The summed E-state index contributed by atoms with van der Waals surface area (Å²) in [7, 11) is 0. The van der Waals surface area contributed by atoms with Crippen molar-refractivity contribution in [1.29, 1.82) is 0 Å². The zero-order chi connectivity index (χ0) is 9.97. The number of rotatable bonds is 4. The summed E-state index contributed by atoms with van der Waals surface area (Å²) < 4.78 is 0. The molecule has 1 saturated carbocycles. The minimum atomic E-state index is -0.374. The molecule has 2 atom stereocenters. The fourth-order valence-corrected chi connectivity index (χ4v) is 1.93. The van der Waals surface area contributed by atoms with E-state index < -0.39 is 0 Å². The Balaban J connectivity index is 2.13. The zero-order valence-corrected chi connectivity index (χ0v) is 8.26. The van der Waals surface area contributed by atoms with Crippen LogP contribution in [0.5, 0.6) is 0 Å². The summed E-state index contributed by atoms with van der Waals surface area (Å²) in [6.45, 7) is 3.81. The molecule has 14 heavy (non-hydrogen) atoms. The van der Waals surface area contributed by atoms with E-state index in [1.54, 1.807) is 0 Å². The second-order valence-electron chi connectivity index (χ2n) is 4.01. The molecule has 0 aromatic heterocycles. The molecule has 74 valence electrons. The normalized spacial score (nSPS) is 20.1. The molecule has 0 amide bonds. The van der Waals surface area contributed by atoms with E-state index in [-0.39, 0.29) is 12.0 Å². The van der Waals surface area contributed by atoms with Crippen LogP contribution in [0, 0.1) is 11.8 Å². The molecule has 1 aliphatic carbocycles. The first kappa shape index (κ1) is 9.47. The van der Waals surface area contributed by atoms with Gasteiger partial charge in [0.15, 0.2) is 0 Å². The van der Waals surface area contributed by atoms with Crippen LogP contribution >= 0.6 is 0 Å². The Kier molecular flexibility index (Phi) is 2.69. The third-order valence-corrected chi connectivity index (χ3v) is 2.94. The third kappa shape index (κ3) is 1.88. The summed E-state index contributed by atoms with van der Waals surface area (Å²) >= 11 is 0. The molecule has 1 heteroatoms. The highest BCUT2D eigenvalue weighted by Gasteiger charge is 2.34. The van der Waals surface area contributed by atoms with Crippen molar-refractivity contribution >= 4 is 0 Å². The molecule has 1 aliphatic rings. The molecule has 1 fully saturated rings. The van der Waals surface area contributed by atoms with E-state index in [0.29, 0.717) is 5.92 Å². The molecule has 0 unspecified atom stereocenters. The SMILES string of the molecule is C=C[C@@H](C1CC1)[C@@H](O)c1ccccc1. The molecule has 1 aromatic carbocycles. The van der Waals surface area contributed by atoms with E-state index in [1.807, 2.05) is 36.4 Å². The highest BCUT2D eigenvalue weighted by molar-refractivity contribution is 5.20.